The van der Waals surface area contributed by atoms with E-state index in [1.807, 2.05) is 0 Å². The molecule has 1 N–H and O–H groups in total. The second kappa shape index (κ2) is 8.24. The third-order valence-corrected chi connectivity index (χ3v) is 5.24. The van der Waals surface area contributed by atoms with Gasteiger partial charge in [-0.15, -0.1) is 11.3 Å². The van der Waals surface area contributed by atoms with Crippen molar-refractivity contribution in [1.82, 2.24) is 9.88 Å². The van der Waals surface area contributed by atoms with Crippen molar-refractivity contribution >= 4 is 16.5 Å². The van der Waals surface area contributed by atoms with Gasteiger partial charge in [-0.2, -0.15) is 0 Å². The van der Waals surface area contributed by atoms with Gasteiger partial charge >= 0.3 is 0 Å². The standard InChI is InChI=1S/C16H27N3O2S/c1-2-17-16-18-14(12-22-16)9-19-6-3-15(4-7-19)21-11-13-5-8-20-10-13/h12-13,15H,2-11H2,1H3,(H,17,18). The van der Waals surface area contributed by atoms with Gasteiger partial charge in [0.1, 0.15) is 0 Å². The highest BCUT2D eigenvalue weighted by molar-refractivity contribution is 7.13. The Morgan fingerprint density at radius 2 is 2.27 bits per heavy atom. The summed E-state index contributed by atoms with van der Waals surface area (Å²) in [6.45, 7) is 8.89. The lowest BCUT2D eigenvalue weighted by Gasteiger charge is -2.31. The van der Waals surface area contributed by atoms with Gasteiger partial charge in [0.15, 0.2) is 5.13 Å². The molecule has 0 aliphatic carbocycles. The minimum Gasteiger partial charge on any atom is -0.381 e. The highest BCUT2D eigenvalue weighted by Gasteiger charge is 2.23. The molecule has 1 aromatic rings. The van der Waals surface area contributed by atoms with Gasteiger partial charge in [-0.25, -0.2) is 4.98 Å². The van der Waals surface area contributed by atoms with Crippen LogP contribution in [0.5, 0.6) is 0 Å². The lowest BCUT2D eigenvalue weighted by atomic mass is 10.1. The molecule has 0 saturated carbocycles. The van der Waals surface area contributed by atoms with Crippen LogP contribution >= 0.6 is 11.3 Å². The van der Waals surface area contributed by atoms with Gasteiger partial charge in [-0.1, -0.05) is 0 Å². The topological polar surface area (TPSA) is 46.6 Å². The molecule has 2 aliphatic rings. The normalized spacial score (nSPS) is 24.0. The average Bonchev–Trinajstić information content (AvgIpc) is 3.19. The second-order valence-corrected chi connectivity index (χ2v) is 7.07. The summed E-state index contributed by atoms with van der Waals surface area (Å²) in [6.07, 6.45) is 3.87. The number of anilines is 1. The number of piperidine rings is 1. The summed E-state index contributed by atoms with van der Waals surface area (Å²) < 4.78 is 11.5. The maximum Gasteiger partial charge on any atom is 0.182 e. The van der Waals surface area contributed by atoms with Gasteiger partial charge in [0, 0.05) is 44.1 Å². The maximum absolute atomic E-state index is 6.07. The lowest BCUT2D eigenvalue weighted by Crippen LogP contribution is -2.37. The minimum atomic E-state index is 0.435. The smallest absolute Gasteiger partial charge is 0.182 e. The average molecular weight is 325 g/mol. The van der Waals surface area contributed by atoms with E-state index in [-0.39, 0.29) is 0 Å². The van der Waals surface area contributed by atoms with E-state index in [4.69, 9.17) is 9.47 Å². The Bertz CT molecular complexity index is 440. The van der Waals surface area contributed by atoms with Crippen LogP contribution in [0.2, 0.25) is 0 Å². The van der Waals surface area contributed by atoms with Crippen molar-refractivity contribution in [1.29, 1.82) is 0 Å². The van der Waals surface area contributed by atoms with E-state index in [1.165, 1.54) is 5.69 Å². The summed E-state index contributed by atoms with van der Waals surface area (Å²) >= 11 is 1.70. The van der Waals surface area contributed by atoms with Crippen LogP contribution in [0.1, 0.15) is 31.9 Å². The van der Waals surface area contributed by atoms with Gasteiger partial charge in [0.25, 0.3) is 0 Å². The fraction of sp³-hybridized carbons (Fsp3) is 0.812. The summed E-state index contributed by atoms with van der Waals surface area (Å²) in [6, 6.07) is 0. The predicted molar refractivity (Wildman–Crippen MR) is 89.5 cm³/mol. The monoisotopic (exact) mass is 325 g/mol. The molecular formula is C16H27N3O2S. The number of likely N-dealkylation sites (tertiary alicyclic amines) is 1. The number of nitrogens with one attached hydrogen (secondary N) is 1. The molecule has 6 heteroatoms. The number of hydrogen-bond acceptors (Lipinski definition) is 6. The van der Waals surface area contributed by atoms with Crippen LogP contribution in [0.3, 0.4) is 0 Å². The Balaban J connectivity index is 1.35. The molecule has 5 nitrogen and oxygen atoms in total. The third kappa shape index (κ3) is 4.65. The van der Waals surface area contributed by atoms with Crippen LogP contribution in [0.15, 0.2) is 5.38 Å². The van der Waals surface area contributed by atoms with Crippen molar-refractivity contribution in [3.63, 3.8) is 0 Å². The molecule has 0 amide bonds. The summed E-state index contributed by atoms with van der Waals surface area (Å²) in [5.74, 6) is 0.623. The van der Waals surface area contributed by atoms with Crippen LogP contribution in [-0.4, -0.2) is 55.4 Å². The van der Waals surface area contributed by atoms with Crippen LogP contribution < -0.4 is 5.32 Å². The predicted octanol–water partition coefficient (Wildman–Crippen LogP) is 2.59. The Morgan fingerprint density at radius 1 is 1.41 bits per heavy atom. The van der Waals surface area contributed by atoms with E-state index in [0.717, 1.165) is 70.4 Å². The summed E-state index contributed by atoms with van der Waals surface area (Å²) in [7, 11) is 0. The molecule has 22 heavy (non-hydrogen) atoms. The van der Waals surface area contributed by atoms with Crippen LogP contribution in [0.25, 0.3) is 0 Å². The fourth-order valence-electron chi connectivity index (χ4n) is 3.06. The Hall–Kier alpha value is -0.690. The lowest BCUT2D eigenvalue weighted by molar-refractivity contribution is -0.0118. The highest BCUT2D eigenvalue weighted by atomic mass is 32.1. The molecule has 1 atom stereocenters. The number of nitrogens with zero attached hydrogens (tertiary/aromatic N) is 2. The molecule has 0 bridgehead atoms. The summed E-state index contributed by atoms with van der Waals surface area (Å²) in [5.41, 5.74) is 1.18. The van der Waals surface area contributed by atoms with Crippen molar-refractivity contribution in [2.75, 3.05) is 44.8 Å². The maximum atomic E-state index is 6.07. The number of aromatic nitrogens is 1. The third-order valence-electron chi connectivity index (χ3n) is 4.39. The van der Waals surface area contributed by atoms with Gasteiger partial charge in [0.2, 0.25) is 0 Å². The minimum absolute atomic E-state index is 0.435. The number of rotatable bonds is 7. The summed E-state index contributed by atoms with van der Waals surface area (Å²) in [4.78, 5) is 7.11. The molecule has 124 valence electrons. The van der Waals surface area contributed by atoms with Crippen LogP contribution in [-0.2, 0) is 16.0 Å². The zero-order chi connectivity index (χ0) is 15.2. The highest BCUT2D eigenvalue weighted by Crippen LogP contribution is 2.21. The SMILES string of the molecule is CCNc1nc(CN2CCC(OCC3CCOC3)CC2)cs1. The Morgan fingerprint density at radius 3 is 3.00 bits per heavy atom. The first-order valence-electron chi connectivity index (χ1n) is 8.43. The van der Waals surface area contributed by atoms with Gasteiger partial charge in [-0.3, -0.25) is 4.90 Å². The zero-order valence-corrected chi connectivity index (χ0v) is 14.2. The molecule has 2 aliphatic heterocycles. The Kier molecular flexibility index (Phi) is 6.06. The first-order valence-corrected chi connectivity index (χ1v) is 9.31. The summed E-state index contributed by atoms with van der Waals surface area (Å²) in [5, 5.41) is 6.48. The van der Waals surface area contributed by atoms with Crippen LogP contribution in [0.4, 0.5) is 5.13 Å². The van der Waals surface area contributed by atoms with E-state index in [2.05, 4.69) is 27.5 Å². The molecule has 1 aromatic heterocycles. The van der Waals surface area contributed by atoms with Crippen molar-refractivity contribution in [2.45, 2.75) is 38.8 Å². The van der Waals surface area contributed by atoms with E-state index in [0.29, 0.717) is 12.0 Å². The van der Waals surface area contributed by atoms with Crippen molar-refractivity contribution in [2.24, 2.45) is 5.92 Å². The zero-order valence-electron chi connectivity index (χ0n) is 13.4. The van der Waals surface area contributed by atoms with Crippen molar-refractivity contribution < 1.29 is 9.47 Å². The number of thiazole rings is 1. The first kappa shape index (κ1) is 16.2. The molecule has 2 fully saturated rings. The molecule has 3 heterocycles. The number of ether oxygens (including phenoxy) is 2. The van der Waals surface area contributed by atoms with E-state index >= 15 is 0 Å². The molecule has 3 rings (SSSR count). The van der Waals surface area contributed by atoms with Crippen LogP contribution in [0, 0.1) is 5.92 Å². The van der Waals surface area contributed by atoms with E-state index in [1.54, 1.807) is 11.3 Å². The molecule has 1 unspecified atom stereocenters. The fourth-order valence-corrected chi connectivity index (χ4v) is 3.83. The molecule has 0 aromatic carbocycles. The Labute approximate surface area is 137 Å². The largest absolute Gasteiger partial charge is 0.381 e. The van der Waals surface area contributed by atoms with Gasteiger partial charge < -0.3 is 14.8 Å². The first-order chi connectivity index (χ1) is 10.8. The van der Waals surface area contributed by atoms with Gasteiger partial charge in [-0.05, 0) is 26.2 Å². The van der Waals surface area contributed by atoms with E-state index in [9.17, 15) is 0 Å². The van der Waals surface area contributed by atoms with Gasteiger partial charge in [0.05, 0.1) is 25.0 Å². The van der Waals surface area contributed by atoms with Crippen molar-refractivity contribution in [3.8, 4) is 0 Å². The van der Waals surface area contributed by atoms with Crippen molar-refractivity contribution in [3.05, 3.63) is 11.1 Å². The second-order valence-electron chi connectivity index (χ2n) is 6.21. The number of hydrogen-bond donors (Lipinski definition) is 1. The quantitative estimate of drug-likeness (QED) is 0.835. The molecule has 0 spiro atoms. The molecule has 0 radical (unpaired) electrons. The van der Waals surface area contributed by atoms with E-state index < -0.39 is 0 Å². The molecular weight excluding hydrogens is 298 g/mol. The molecule has 2 saturated heterocycles.